The topological polar surface area (TPSA) is 0 Å². The third-order valence-electron chi connectivity index (χ3n) is 3.36. The van der Waals surface area contributed by atoms with Gasteiger partial charge in [-0.25, -0.2) is 0 Å². The van der Waals surface area contributed by atoms with Crippen LogP contribution in [0.1, 0.15) is 64.0 Å². The maximum Gasteiger partial charge on any atom is 0.00860 e. The van der Waals surface area contributed by atoms with E-state index in [4.69, 9.17) is 6.42 Å². The highest BCUT2D eigenvalue weighted by atomic mass is 14.2. The summed E-state index contributed by atoms with van der Waals surface area (Å²) in [5, 5.41) is 0. The second-order valence-corrected chi connectivity index (χ2v) is 6.07. The van der Waals surface area contributed by atoms with Crippen LogP contribution in [0.5, 0.6) is 0 Å². The molecular weight excluding hydrogens is 216 g/mol. The highest BCUT2D eigenvalue weighted by molar-refractivity contribution is 5.27. The van der Waals surface area contributed by atoms with Crippen LogP contribution >= 0.6 is 0 Å². The third kappa shape index (κ3) is 5.41. The lowest BCUT2D eigenvalue weighted by molar-refractivity contribution is 0.589. The molecule has 18 heavy (non-hydrogen) atoms. The van der Waals surface area contributed by atoms with Crippen LogP contribution in [0, 0.1) is 12.3 Å². The minimum atomic E-state index is 0.258. The number of hydrogen-bond donors (Lipinski definition) is 0. The van der Waals surface area contributed by atoms with Gasteiger partial charge >= 0.3 is 0 Å². The van der Waals surface area contributed by atoms with Gasteiger partial charge < -0.3 is 0 Å². The van der Waals surface area contributed by atoms with Crippen molar-refractivity contribution in [2.24, 2.45) is 0 Å². The van der Waals surface area contributed by atoms with Crippen LogP contribution in [0.2, 0.25) is 0 Å². The largest absolute Gasteiger partial charge is 0.120 e. The van der Waals surface area contributed by atoms with E-state index in [2.05, 4.69) is 51.0 Å². The van der Waals surface area contributed by atoms with Gasteiger partial charge in [-0.2, -0.15) is 0 Å². The van der Waals surface area contributed by atoms with Crippen LogP contribution in [-0.4, -0.2) is 0 Å². The highest BCUT2D eigenvalue weighted by Crippen LogP contribution is 2.22. The zero-order chi connectivity index (χ0) is 13.4. The second-order valence-electron chi connectivity index (χ2n) is 6.07. The Bertz CT molecular complexity index is 370. The molecule has 0 unspecified atom stereocenters. The van der Waals surface area contributed by atoms with Gasteiger partial charge in [0.05, 0.1) is 0 Å². The Hall–Kier alpha value is -1.22. The molecule has 1 aromatic carbocycles. The van der Waals surface area contributed by atoms with E-state index in [-0.39, 0.29) is 5.41 Å². The van der Waals surface area contributed by atoms with Crippen molar-refractivity contribution < 1.29 is 0 Å². The first-order valence-electron chi connectivity index (χ1n) is 7.07. The summed E-state index contributed by atoms with van der Waals surface area (Å²) in [6, 6.07) is 9.10. The Morgan fingerprint density at radius 1 is 0.944 bits per heavy atom. The van der Waals surface area contributed by atoms with Gasteiger partial charge in [0.1, 0.15) is 0 Å². The summed E-state index contributed by atoms with van der Waals surface area (Å²) in [7, 11) is 0. The number of aryl methyl sites for hydroxylation is 1. The molecule has 0 aliphatic rings. The summed E-state index contributed by atoms with van der Waals surface area (Å²) >= 11 is 0. The molecule has 0 radical (unpaired) electrons. The molecule has 0 heterocycles. The normalized spacial score (nSPS) is 11.2. The maximum atomic E-state index is 5.23. The number of terminal acetylenes is 1. The van der Waals surface area contributed by atoms with Crippen molar-refractivity contribution in [2.75, 3.05) is 0 Å². The van der Waals surface area contributed by atoms with Crippen molar-refractivity contribution in [1.82, 2.24) is 0 Å². The van der Waals surface area contributed by atoms with Gasteiger partial charge in [0, 0.05) is 6.42 Å². The van der Waals surface area contributed by atoms with E-state index in [1.165, 1.54) is 43.2 Å². The smallest absolute Gasteiger partial charge is 0.00860 e. The van der Waals surface area contributed by atoms with Crippen molar-refractivity contribution in [3.05, 3.63) is 35.4 Å². The first kappa shape index (κ1) is 14.8. The fourth-order valence-corrected chi connectivity index (χ4v) is 2.08. The SMILES string of the molecule is C#CCCCCCCc1ccc(C(C)(C)C)cc1. The lowest BCUT2D eigenvalue weighted by Gasteiger charge is -2.19. The Kier molecular flexibility index (Phi) is 5.99. The van der Waals surface area contributed by atoms with Crippen LogP contribution in [0.15, 0.2) is 24.3 Å². The Balaban J connectivity index is 2.30. The van der Waals surface area contributed by atoms with Crippen LogP contribution < -0.4 is 0 Å². The van der Waals surface area contributed by atoms with Crippen molar-refractivity contribution in [2.45, 2.75) is 64.7 Å². The number of benzene rings is 1. The fourth-order valence-electron chi connectivity index (χ4n) is 2.08. The van der Waals surface area contributed by atoms with Gasteiger partial charge in [-0.15, -0.1) is 12.3 Å². The van der Waals surface area contributed by atoms with Crippen molar-refractivity contribution in [1.29, 1.82) is 0 Å². The fraction of sp³-hybridized carbons (Fsp3) is 0.556. The molecule has 0 aliphatic carbocycles. The average Bonchev–Trinajstić information content (AvgIpc) is 2.33. The van der Waals surface area contributed by atoms with E-state index >= 15 is 0 Å². The minimum absolute atomic E-state index is 0.258. The second kappa shape index (κ2) is 7.27. The lowest BCUT2D eigenvalue weighted by Crippen LogP contribution is -2.10. The van der Waals surface area contributed by atoms with Gasteiger partial charge in [-0.3, -0.25) is 0 Å². The summed E-state index contributed by atoms with van der Waals surface area (Å²) in [6.45, 7) is 6.77. The van der Waals surface area contributed by atoms with E-state index in [9.17, 15) is 0 Å². The molecule has 0 atom stereocenters. The van der Waals surface area contributed by atoms with Crippen molar-refractivity contribution in [3.63, 3.8) is 0 Å². The Morgan fingerprint density at radius 3 is 2.11 bits per heavy atom. The first-order valence-corrected chi connectivity index (χ1v) is 7.07. The Labute approximate surface area is 113 Å². The van der Waals surface area contributed by atoms with Gasteiger partial charge in [0.25, 0.3) is 0 Å². The zero-order valence-corrected chi connectivity index (χ0v) is 12.1. The Morgan fingerprint density at radius 2 is 1.56 bits per heavy atom. The summed E-state index contributed by atoms with van der Waals surface area (Å²) < 4.78 is 0. The molecule has 0 spiro atoms. The molecular formula is C18H26. The maximum absolute atomic E-state index is 5.23. The van der Waals surface area contributed by atoms with Crippen LogP contribution in [-0.2, 0) is 11.8 Å². The van der Waals surface area contributed by atoms with E-state index in [1.54, 1.807) is 0 Å². The molecule has 0 heteroatoms. The van der Waals surface area contributed by atoms with E-state index < -0.39 is 0 Å². The van der Waals surface area contributed by atoms with Crippen molar-refractivity contribution >= 4 is 0 Å². The van der Waals surface area contributed by atoms with Gasteiger partial charge in [0.2, 0.25) is 0 Å². The van der Waals surface area contributed by atoms with Gasteiger partial charge in [-0.05, 0) is 35.8 Å². The predicted octanol–water partition coefficient (Wildman–Crippen LogP) is 5.11. The predicted molar refractivity (Wildman–Crippen MR) is 80.8 cm³/mol. The molecule has 1 rings (SSSR count). The molecule has 0 aliphatic heterocycles. The molecule has 0 N–H and O–H groups in total. The van der Waals surface area contributed by atoms with E-state index in [1.807, 2.05) is 0 Å². The summed E-state index contributed by atoms with van der Waals surface area (Å²) in [5.74, 6) is 2.70. The molecule has 0 bridgehead atoms. The van der Waals surface area contributed by atoms with Crippen LogP contribution in [0.25, 0.3) is 0 Å². The van der Waals surface area contributed by atoms with Gasteiger partial charge in [-0.1, -0.05) is 57.9 Å². The minimum Gasteiger partial charge on any atom is -0.120 e. The summed E-state index contributed by atoms with van der Waals surface area (Å²) in [5.41, 5.74) is 3.13. The molecule has 98 valence electrons. The monoisotopic (exact) mass is 242 g/mol. The number of hydrogen-bond acceptors (Lipinski definition) is 0. The number of unbranched alkanes of at least 4 members (excludes halogenated alkanes) is 4. The molecule has 0 saturated carbocycles. The average molecular weight is 242 g/mol. The summed E-state index contributed by atoms with van der Waals surface area (Å²) in [6.07, 6.45) is 12.4. The molecule has 1 aromatic rings. The van der Waals surface area contributed by atoms with Gasteiger partial charge in [0.15, 0.2) is 0 Å². The van der Waals surface area contributed by atoms with Crippen molar-refractivity contribution in [3.8, 4) is 12.3 Å². The number of rotatable bonds is 6. The quantitative estimate of drug-likeness (QED) is 0.480. The summed E-state index contributed by atoms with van der Waals surface area (Å²) in [4.78, 5) is 0. The van der Waals surface area contributed by atoms with Crippen LogP contribution in [0.3, 0.4) is 0 Å². The standard InChI is InChI=1S/C18H26/c1-5-6-7-8-9-10-11-16-12-14-17(15-13-16)18(2,3)4/h1,12-15H,6-11H2,2-4H3. The molecule has 0 aromatic heterocycles. The molecule has 0 amide bonds. The third-order valence-corrected chi connectivity index (χ3v) is 3.36. The zero-order valence-electron chi connectivity index (χ0n) is 12.1. The molecule has 0 saturated heterocycles. The molecule has 0 fully saturated rings. The van der Waals surface area contributed by atoms with E-state index in [0.717, 1.165) is 6.42 Å². The van der Waals surface area contributed by atoms with E-state index in [0.29, 0.717) is 0 Å². The lowest BCUT2D eigenvalue weighted by atomic mass is 9.86. The molecule has 0 nitrogen and oxygen atoms in total. The van der Waals surface area contributed by atoms with Crippen LogP contribution in [0.4, 0.5) is 0 Å². The first-order chi connectivity index (χ1) is 8.54. The highest BCUT2D eigenvalue weighted by Gasteiger charge is 2.12.